The summed E-state index contributed by atoms with van der Waals surface area (Å²) < 4.78 is 0. The molecule has 0 aliphatic rings. The van der Waals surface area contributed by atoms with Crippen LogP contribution in [0.5, 0.6) is 0 Å². The second-order valence-corrected chi connectivity index (χ2v) is 5.15. The molecular formula is C14H23N. The molecule has 2 N–H and O–H groups in total. The molecule has 0 amide bonds. The lowest BCUT2D eigenvalue weighted by atomic mass is 9.86. The van der Waals surface area contributed by atoms with Gasteiger partial charge in [0, 0.05) is 5.54 Å². The minimum atomic E-state index is -0.240. The molecule has 15 heavy (non-hydrogen) atoms. The Kier molecular flexibility index (Phi) is 3.56. The van der Waals surface area contributed by atoms with Gasteiger partial charge in [-0.3, -0.25) is 0 Å². The van der Waals surface area contributed by atoms with Crippen molar-refractivity contribution >= 4 is 0 Å². The Morgan fingerprint density at radius 3 is 2.27 bits per heavy atom. The Labute approximate surface area is 93.7 Å². The molecule has 1 aromatic rings. The van der Waals surface area contributed by atoms with Crippen LogP contribution in [-0.2, 0) is 12.0 Å². The maximum atomic E-state index is 6.20. The van der Waals surface area contributed by atoms with E-state index in [1.807, 2.05) is 0 Å². The number of aryl methyl sites for hydroxylation is 1. The lowest BCUT2D eigenvalue weighted by Gasteiger charge is -2.24. The molecule has 0 fully saturated rings. The molecule has 84 valence electrons. The minimum Gasteiger partial charge on any atom is -0.322 e. The van der Waals surface area contributed by atoms with Crippen LogP contribution < -0.4 is 5.73 Å². The van der Waals surface area contributed by atoms with Gasteiger partial charge >= 0.3 is 0 Å². The number of rotatable bonds is 3. The van der Waals surface area contributed by atoms with E-state index >= 15 is 0 Å². The summed E-state index contributed by atoms with van der Waals surface area (Å²) in [6, 6.07) is 6.71. The van der Waals surface area contributed by atoms with E-state index in [2.05, 4.69) is 52.8 Å². The molecule has 0 aliphatic carbocycles. The van der Waals surface area contributed by atoms with Crippen LogP contribution in [-0.4, -0.2) is 0 Å². The summed E-state index contributed by atoms with van der Waals surface area (Å²) >= 11 is 0. The zero-order valence-corrected chi connectivity index (χ0v) is 10.6. The summed E-state index contributed by atoms with van der Waals surface area (Å²) in [7, 11) is 0. The van der Waals surface area contributed by atoms with Crippen molar-refractivity contribution in [2.45, 2.75) is 52.5 Å². The SMILES string of the molecule is CCc1ccc(C(C)C)cc1C(C)(C)N. The van der Waals surface area contributed by atoms with Crippen molar-refractivity contribution in [2.24, 2.45) is 5.73 Å². The lowest BCUT2D eigenvalue weighted by Crippen LogP contribution is -2.30. The number of nitrogens with two attached hydrogens (primary N) is 1. The molecular weight excluding hydrogens is 182 g/mol. The molecule has 0 heterocycles. The molecule has 0 aliphatic heterocycles. The quantitative estimate of drug-likeness (QED) is 0.802. The maximum Gasteiger partial charge on any atom is 0.0355 e. The molecule has 0 saturated carbocycles. The fourth-order valence-corrected chi connectivity index (χ4v) is 1.86. The molecule has 0 saturated heterocycles. The normalized spacial score (nSPS) is 12.2. The average molecular weight is 205 g/mol. The molecule has 1 heteroatoms. The van der Waals surface area contributed by atoms with Crippen molar-refractivity contribution in [2.75, 3.05) is 0 Å². The van der Waals surface area contributed by atoms with E-state index in [0.29, 0.717) is 5.92 Å². The van der Waals surface area contributed by atoms with Gasteiger partial charge in [0.15, 0.2) is 0 Å². The van der Waals surface area contributed by atoms with Crippen LogP contribution in [0.1, 0.15) is 57.2 Å². The van der Waals surface area contributed by atoms with Crippen LogP contribution in [0.2, 0.25) is 0 Å². The highest BCUT2D eigenvalue weighted by Gasteiger charge is 2.18. The van der Waals surface area contributed by atoms with Crippen molar-refractivity contribution in [1.29, 1.82) is 0 Å². The molecule has 0 radical (unpaired) electrons. The van der Waals surface area contributed by atoms with Gasteiger partial charge in [0.05, 0.1) is 0 Å². The first-order valence-electron chi connectivity index (χ1n) is 5.78. The smallest absolute Gasteiger partial charge is 0.0355 e. The highest BCUT2D eigenvalue weighted by molar-refractivity contribution is 5.37. The topological polar surface area (TPSA) is 26.0 Å². The summed E-state index contributed by atoms with van der Waals surface area (Å²) in [6.45, 7) is 10.8. The molecule has 0 unspecified atom stereocenters. The summed E-state index contributed by atoms with van der Waals surface area (Å²) in [5.74, 6) is 0.567. The Bertz CT molecular complexity index is 332. The van der Waals surface area contributed by atoms with Gasteiger partial charge in [-0.25, -0.2) is 0 Å². The molecule has 0 atom stereocenters. The van der Waals surface area contributed by atoms with Crippen LogP contribution in [0.15, 0.2) is 18.2 Å². The van der Waals surface area contributed by atoms with E-state index < -0.39 is 0 Å². The summed E-state index contributed by atoms with van der Waals surface area (Å²) in [5.41, 5.74) is 9.99. The third-order valence-electron chi connectivity index (χ3n) is 2.88. The Morgan fingerprint density at radius 1 is 1.27 bits per heavy atom. The largest absolute Gasteiger partial charge is 0.322 e. The van der Waals surface area contributed by atoms with Gasteiger partial charge in [0.1, 0.15) is 0 Å². The average Bonchev–Trinajstić information content (AvgIpc) is 2.15. The van der Waals surface area contributed by atoms with Gasteiger partial charge in [-0.05, 0) is 42.9 Å². The molecule has 0 bridgehead atoms. The van der Waals surface area contributed by atoms with Crippen molar-refractivity contribution < 1.29 is 0 Å². The first-order chi connectivity index (χ1) is 6.86. The van der Waals surface area contributed by atoms with Crippen LogP contribution >= 0.6 is 0 Å². The second kappa shape index (κ2) is 4.36. The molecule has 1 aromatic carbocycles. The predicted octanol–water partition coefficient (Wildman–Crippen LogP) is 3.57. The maximum absolute atomic E-state index is 6.20. The van der Waals surface area contributed by atoms with Gasteiger partial charge in [-0.2, -0.15) is 0 Å². The van der Waals surface area contributed by atoms with Crippen molar-refractivity contribution in [3.8, 4) is 0 Å². The Hall–Kier alpha value is -0.820. The van der Waals surface area contributed by atoms with Crippen LogP contribution in [0.25, 0.3) is 0 Å². The third-order valence-corrected chi connectivity index (χ3v) is 2.88. The second-order valence-electron chi connectivity index (χ2n) is 5.15. The first kappa shape index (κ1) is 12.3. The van der Waals surface area contributed by atoms with Crippen LogP contribution in [0.3, 0.4) is 0 Å². The van der Waals surface area contributed by atoms with E-state index in [4.69, 9.17) is 5.73 Å². The summed E-state index contributed by atoms with van der Waals surface area (Å²) in [6.07, 6.45) is 1.05. The molecule has 1 rings (SSSR count). The third kappa shape index (κ3) is 2.82. The Morgan fingerprint density at radius 2 is 1.87 bits per heavy atom. The molecule has 0 spiro atoms. The van der Waals surface area contributed by atoms with Crippen LogP contribution in [0, 0.1) is 0 Å². The lowest BCUT2D eigenvalue weighted by molar-refractivity contribution is 0.547. The first-order valence-corrected chi connectivity index (χ1v) is 5.78. The van der Waals surface area contributed by atoms with Gasteiger partial charge < -0.3 is 5.73 Å². The zero-order valence-electron chi connectivity index (χ0n) is 10.6. The fourth-order valence-electron chi connectivity index (χ4n) is 1.86. The monoisotopic (exact) mass is 205 g/mol. The zero-order chi connectivity index (χ0) is 11.6. The minimum absolute atomic E-state index is 0.240. The number of hydrogen-bond donors (Lipinski definition) is 1. The summed E-state index contributed by atoms with van der Waals surface area (Å²) in [4.78, 5) is 0. The van der Waals surface area contributed by atoms with E-state index in [1.165, 1.54) is 16.7 Å². The van der Waals surface area contributed by atoms with Gasteiger partial charge in [-0.1, -0.05) is 39.0 Å². The highest BCUT2D eigenvalue weighted by atomic mass is 14.7. The van der Waals surface area contributed by atoms with Gasteiger partial charge in [-0.15, -0.1) is 0 Å². The van der Waals surface area contributed by atoms with Crippen LogP contribution in [0.4, 0.5) is 0 Å². The Balaban J connectivity index is 3.26. The predicted molar refractivity (Wildman–Crippen MR) is 67.1 cm³/mol. The van der Waals surface area contributed by atoms with E-state index in [0.717, 1.165) is 6.42 Å². The molecule has 0 aromatic heterocycles. The van der Waals surface area contributed by atoms with Gasteiger partial charge in [0.2, 0.25) is 0 Å². The standard InChI is InChI=1S/C14H23N/c1-6-11-7-8-12(10(2)3)9-13(11)14(4,5)15/h7-10H,6,15H2,1-5H3. The number of benzene rings is 1. The fraction of sp³-hybridized carbons (Fsp3) is 0.571. The van der Waals surface area contributed by atoms with E-state index in [1.54, 1.807) is 0 Å². The van der Waals surface area contributed by atoms with Gasteiger partial charge in [0.25, 0.3) is 0 Å². The van der Waals surface area contributed by atoms with Crippen molar-refractivity contribution in [3.05, 3.63) is 34.9 Å². The van der Waals surface area contributed by atoms with E-state index in [-0.39, 0.29) is 5.54 Å². The van der Waals surface area contributed by atoms with Crippen molar-refractivity contribution in [1.82, 2.24) is 0 Å². The number of hydrogen-bond acceptors (Lipinski definition) is 1. The molecule has 1 nitrogen and oxygen atoms in total. The van der Waals surface area contributed by atoms with E-state index in [9.17, 15) is 0 Å². The highest BCUT2D eigenvalue weighted by Crippen LogP contribution is 2.26. The summed E-state index contributed by atoms with van der Waals surface area (Å²) in [5, 5.41) is 0. The van der Waals surface area contributed by atoms with Crippen molar-refractivity contribution in [3.63, 3.8) is 0 Å².